The van der Waals surface area contributed by atoms with Gasteiger partial charge < -0.3 is 15.4 Å². The molecular weight excluding hydrogens is 297 g/mol. The first-order valence-electron chi connectivity index (χ1n) is 6.96. The molecule has 0 bridgehead atoms. The van der Waals surface area contributed by atoms with Crippen molar-refractivity contribution in [2.45, 2.75) is 39.0 Å². The number of nitrogens with one attached hydrogen (secondary N) is 2. The minimum absolute atomic E-state index is 0.419. The smallest absolute Gasteiger partial charge is 0.416 e. The van der Waals surface area contributed by atoms with Crippen LogP contribution in [0.15, 0.2) is 24.3 Å². The Bertz CT molecular complexity index is 479. The number of ether oxygens (including phenoxy) is 1. The lowest BCUT2D eigenvalue weighted by molar-refractivity contribution is -0.137. The Labute approximate surface area is 128 Å². The van der Waals surface area contributed by atoms with Gasteiger partial charge in [-0.3, -0.25) is 0 Å². The van der Waals surface area contributed by atoms with E-state index in [2.05, 4.69) is 10.6 Å². The quantitative estimate of drug-likeness (QED) is 0.806. The molecule has 0 aliphatic carbocycles. The number of carbonyl (C=O) groups excluding carboxylic acids is 1. The first-order chi connectivity index (χ1) is 10.1. The van der Waals surface area contributed by atoms with Gasteiger partial charge in [-0.25, -0.2) is 4.79 Å². The Kier molecular flexibility index (Phi) is 6.08. The highest BCUT2D eigenvalue weighted by Gasteiger charge is 2.29. The standard InChI is InChI=1S/C15H21F3N2O2/c1-14(2,3)22-13(21)20-10-4-9-19-12-7-5-11(6-8-12)15(16,17)18/h5-8,19H,4,9-10H2,1-3H3,(H,20,21). The fourth-order valence-electron chi connectivity index (χ4n) is 1.60. The lowest BCUT2D eigenvalue weighted by Crippen LogP contribution is -2.33. The molecular formula is C15H21F3N2O2. The maximum absolute atomic E-state index is 12.4. The van der Waals surface area contributed by atoms with E-state index in [1.165, 1.54) is 12.1 Å². The lowest BCUT2D eigenvalue weighted by Gasteiger charge is -2.19. The predicted molar refractivity (Wildman–Crippen MR) is 78.8 cm³/mol. The van der Waals surface area contributed by atoms with Crippen LogP contribution in [0.4, 0.5) is 23.7 Å². The molecule has 0 spiro atoms. The van der Waals surface area contributed by atoms with E-state index >= 15 is 0 Å². The highest BCUT2D eigenvalue weighted by Crippen LogP contribution is 2.29. The van der Waals surface area contributed by atoms with Gasteiger partial charge >= 0.3 is 12.3 Å². The van der Waals surface area contributed by atoms with Crippen LogP contribution in [-0.4, -0.2) is 24.8 Å². The van der Waals surface area contributed by atoms with Gasteiger partial charge in [0.05, 0.1) is 5.56 Å². The maximum Gasteiger partial charge on any atom is 0.416 e. The number of amides is 1. The van der Waals surface area contributed by atoms with Crippen LogP contribution in [0.25, 0.3) is 0 Å². The summed E-state index contributed by atoms with van der Waals surface area (Å²) in [6.45, 7) is 6.28. The Morgan fingerprint density at radius 2 is 1.68 bits per heavy atom. The van der Waals surface area contributed by atoms with Gasteiger partial charge in [-0.15, -0.1) is 0 Å². The van der Waals surface area contributed by atoms with Crippen LogP contribution >= 0.6 is 0 Å². The van der Waals surface area contributed by atoms with Crippen LogP contribution in [0.3, 0.4) is 0 Å². The number of hydrogen-bond acceptors (Lipinski definition) is 3. The molecule has 0 unspecified atom stereocenters. The summed E-state index contributed by atoms with van der Waals surface area (Å²) in [6.07, 6.45) is -4.18. The zero-order valence-corrected chi connectivity index (χ0v) is 12.9. The second-order valence-corrected chi connectivity index (χ2v) is 5.78. The number of alkyl carbamates (subject to hydrolysis) is 1. The minimum atomic E-state index is -4.32. The third-order valence-corrected chi connectivity index (χ3v) is 2.56. The second kappa shape index (κ2) is 7.38. The Morgan fingerprint density at radius 1 is 1.09 bits per heavy atom. The Hall–Kier alpha value is -1.92. The molecule has 1 aromatic carbocycles. The maximum atomic E-state index is 12.4. The molecule has 0 saturated carbocycles. The van der Waals surface area contributed by atoms with E-state index in [-0.39, 0.29) is 0 Å². The molecule has 22 heavy (non-hydrogen) atoms. The summed E-state index contributed by atoms with van der Waals surface area (Å²) in [5.74, 6) is 0. The summed E-state index contributed by atoms with van der Waals surface area (Å²) in [7, 11) is 0. The molecule has 0 atom stereocenters. The van der Waals surface area contributed by atoms with E-state index in [1.54, 1.807) is 20.8 Å². The van der Waals surface area contributed by atoms with Gasteiger partial charge in [0, 0.05) is 18.8 Å². The molecule has 1 aromatic rings. The van der Waals surface area contributed by atoms with Crippen LogP contribution in [-0.2, 0) is 10.9 Å². The Morgan fingerprint density at radius 3 is 2.18 bits per heavy atom. The molecule has 0 aliphatic heterocycles. The van der Waals surface area contributed by atoms with Gasteiger partial charge in [0.25, 0.3) is 0 Å². The topological polar surface area (TPSA) is 50.4 Å². The van der Waals surface area contributed by atoms with Gasteiger partial charge in [0.15, 0.2) is 0 Å². The third kappa shape index (κ3) is 7.19. The molecule has 0 heterocycles. The fraction of sp³-hybridized carbons (Fsp3) is 0.533. The van der Waals surface area contributed by atoms with Gasteiger partial charge in [0.2, 0.25) is 0 Å². The molecule has 0 saturated heterocycles. The number of carbonyl (C=O) groups is 1. The first-order valence-corrected chi connectivity index (χ1v) is 6.96. The van der Waals surface area contributed by atoms with Crippen molar-refractivity contribution >= 4 is 11.8 Å². The van der Waals surface area contributed by atoms with Crippen LogP contribution in [0.5, 0.6) is 0 Å². The molecule has 0 radical (unpaired) electrons. The van der Waals surface area contributed by atoms with Crippen LogP contribution in [0, 0.1) is 0 Å². The third-order valence-electron chi connectivity index (χ3n) is 2.56. The normalized spacial score (nSPS) is 11.9. The highest BCUT2D eigenvalue weighted by atomic mass is 19.4. The van der Waals surface area contributed by atoms with Crippen molar-refractivity contribution in [3.63, 3.8) is 0 Å². The number of rotatable bonds is 5. The number of halogens is 3. The summed E-state index contributed by atoms with van der Waals surface area (Å²) in [6, 6.07) is 4.82. The molecule has 0 aromatic heterocycles. The van der Waals surface area contributed by atoms with Crippen LogP contribution < -0.4 is 10.6 Å². The summed E-state index contributed by atoms with van der Waals surface area (Å²) >= 11 is 0. The van der Waals surface area contributed by atoms with Gasteiger partial charge in [-0.1, -0.05) is 0 Å². The second-order valence-electron chi connectivity index (χ2n) is 5.78. The van der Waals surface area contributed by atoms with Gasteiger partial charge in [-0.05, 0) is 51.5 Å². The monoisotopic (exact) mass is 318 g/mol. The van der Waals surface area contributed by atoms with Crippen molar-refractivity contribution < 1.29 is 22.7 Å². The summed E-state index contributed by atoms with van der Waals surface area (Å²) in [5.41, 5.74) is -0.613. The fourth-order valence-corrected chi connectivity index (χ4v) is 1.60. The molecule has 4 nitrogen and oxygen atoms in total. The number of benzene rings is 1. The molecule has 1 amide bonds. The minimum Gasteiger partial charge on any atom is -0.444 e. The zero-order chi connectivity index (χ0) is 16.8. The van der Waals surface area contributed by atoms with Crippen molar-refractivity contribution in [2.75, 3.05) is 18.4 Å². The van der Waals surface area contributed by atoms with Crippen molar-refractivity contribution in [3.8, 4) is 0 Å². The van der Waals surface area contributed by atoms with E-state index in [4.69, 9.17) is 4.74 Å². The van der Waals surface area contributed by atoms with E-state index < -0.39 is 23.4 Å². The van der Waals surface area contributed by atoms with Gasteiger partial charge in [0.1, 0.15) is 5.60 Å². The van der Waals surface area contributed by atoms with E-state index in [1.807, 2.05) is 0 Å². The molecule has 124 valence electrons. The SMILES string of the molecule is CC(C)(C)OC(=O)NCCCNc1ccc(C(F)(F)F)cc1. The van der Waals surface area contributed by atoms with Crippen molar-refractivity contribution in [3.05, 3.63) is 29.8 Å². The molecule has 0 fully saturated rings. The van der Waals surface area contributed by atoms with Crippen molar-refractivity contribution in [1.29, 1.82) is 0 Å². The lowest BCUT2D eigenvalue weighted by atomic mass is 10.2. The summed E-state index contributed by atoms with van der Waals surface area (Å²) in [5, 5.41) is 5.59. The number of alkyl halides is 3. The molecule has 0 aliphatic rings. The zero-order valence-electron chi connectivity index (χ0n) is 12.9. The highest BCUT2D eigenvalue weighted by molar-refractivity contribution is 5.67. The Balaban J connectivity index is 2.24. The summed E-state index contributed by atoms with van der Waals surface area (Å²) in [4.78, 5) is 11.4. The summed E-state index contributed by atoms with van der Waals surface area (Å²) < 4.78 is 42.2. The predicted octanol–water partition coefficient (Wildman–Crippen LogP) is 4.03. The molecule has 2 N–H and O–H groups in total. The first kappa shape index (κ1) is 18.1. The number of hydrogen-bond donors (Lipinski definition) is 2. The largest absolute Gasteiger partial charge is 0.444 e. The van der Waals surface area contributed by atoms with E-state index in [0.717, 1.165) is 12.1 Å². The average molecular weight is 318 g/mol. The van der Waals surface area contributed by atoms with Crippen molar-refractivity contribution in [1.82, 2.24) is 5.32 Å². The molecule has 1 rings (SSSR count). The van der Waals surface area contributed by atoms with E-state index in [0.29, 0.717) is 25.2 Å². The molecule has 7 heteroatoms. The van der Waals surface area contributed by atoms with Crippen molar-refractivity contribution in [2.24, 2.45) is 0 Å². The van der Waals surface area contributed by atoms with E-state index in [9.17, 15) is 18.0 Å². The van der Waals surface area contributed by atoms with Crippen LogP contribution in [0.2, 0.25) is 0 Å². The van der Waals surface area contributed by atoms with Crippen LogP contribution in [0.1, 0.15) is 32.8 Å². The van der Waals surface area contributed by atoms with Gasteiger partial charge in [-0.2, -0.15) is 13.2 Å². The average Bonchev–Trinajstić information content (AvgIpc) is 2.35. The number of anilines is 1.